The van der Waals surface area contributed by atoms with Crippen LogP contribution in [-0.4, -0.2) is 26.5 Å². The Hall–Kier alpha value is -2.48. The number of nitro groups is 1. The van der Waals surface area contributed by atoms with Gasteiger partial charge in [0.2, 0.25) is 0 Å². The van der Waals surface area contributed by atoms with Crippen LogP contribution in [0, 0.1) is 10.1 Å². The number of rotatable bonds is 7. The smallest absolute Gasteiger partial charge is 0.311 e. The third-order valence-corrected chi connectivity index (χ3v) is 2.82. The molecule has 8 nitrogen and oxygen atoms in total. The Kier molecular flexibility index (Phi) is 4.83. The lowest BCUT2D eigenvalue weighted by Gasteiger charge is -2.07. The average Bonchev–Trinajstić information content (AvgIpc) is 2.88. The van der Waals surface area contributed by atoms with Crippen molar-refractivity contribution in [2.24, 2.45) is 7.05 Å². The van der Waals surface area contributed by atoms with Gasteiger partial charge in [-0.15, -0.1) is 5.10 Å². The molecule has 1 aromatic carbocycles. The van der Waals surface area contributed by atoms with Crippen LogP contribution >= 0.6 is 0 Å². The average molecular weight is 291 g/mol. The molecule has 0 fully saturated rings. The number of ether oxygens (including phenoxy) is 1. The second-order valence-corrected chi connectivity index (χ2v) is 4.51. The SMILES string of the molecule is CCNCc1ccc(OCc2cn(C)nn2)c([N+](=O)[O-])c1. The summed E-state index contributed by atoms with van der Waals surface area (Å²) in [4.78, 5) is 10.7. The molecule has 21 heavy (non-hydrogen) atoms. The molecule has 0 amide bonds. The Balaban J connectivity index is 2.12. The van der Waals surface area contributed by atoms with Crippen LogP contribution in [0.2, 0.25) is 0 Å². The quantitative estimate of drug-likeness (QED) is 0.612. The Morgan fingerprint density at radius 2 is 2.29 bits per heavy atom. The van der Waals surface area contributed by atoms with Crippen molar-refractivity contribution < 1.29 is 9.66 Å². The highest BCUT2D eigenvalue weighted by atomic mass is 16.6. The fourth-order valence-electron chi connectivity index (χ4n) is 1.82. The number of nitro benzene ring substituents is 1. The van der Waals surface area contributed by atoms with E-state index in [4.69, 9.17) is 4.74 Å². The third kappa shape index (κ3) is 3.99. The molecular formula is C13H17N5O3. The number of nitrogens with one attached hydrogen (secondary N) is 1. The van der Waals surface area contributed by atoms with Crippen molar-refractivity contribution in [2.45, 2.75) is 20.1 Å². The number of aryl methyl sites for hydroxylation is 1. The van der Waals surface area contributed by atoms with Crippen molar-refractivity contribution in [2.75, 3.05) is 6.54 Å². The van der Waals surface area contributed by atoms with Crippen molar-refractivity contribution >= 4 is 5.69 Å². The van der Waals surface area contributed by atoms with E-state index in [-0.39, 0.29) is 18.0 Å². The fourth-order valence-corrected chi connectivity index (χ4v) is 1.82. The minimum absolute atomic E-state index is 0.0470. The zero-order chi connectivity index (χ0) is 15.2. The largest absolute Gasteiger partial charge is 0.480 e. The summed E-state index contributed by atoms with van der Waals surface area (Å²) in [5.74, 6) is 0.228. The van der Waals surface area contributed by atoms with Gasteiger partial charge in [0, 0.05) is 19.7 Å². The molecule has 0 atom stereocenters. The highest BCUT2D eigenvalue weighted by molar-refractivity contribution is 5.48. The van der Waals surface area contributed by atoms with Crippen molar-refractivity contribution in [3.8, 4) is 5.75 Å². The second-order valence-electron chi connectivity index (χ2n) is 4.51. The van der Waals surface area contributed by atoms with Gasteiger partial charge in [0.15, 0.2) is 5.75 Å². The van der Waals surface area contributed by atoms with Gasteiger partial charge in [0.25, 0.3) is 0 Å². The van der Waals surface area contributed by atoms with E-state index in [2.05, 4.69) is 15.6 Å². The van der Waals surface area contributed by atoms with Crippen molar-refractivity contribution in [3.05, 3.63) is 45.8 Å². The maximum atomic E-state index is 11.1. The van der Waals surface area contributed by atoms with Gasteiger partial charge in [-0.25, -0.2) is 0 Å². The third-order valence-electron chi connectivity index (χ3n) is 2.82. The number of nitrogens with zero attached hydrogens (tertiary/aromatic N) is 4. The fraction of sp³-hybridized carbons (Fsp3) is 0.385. The molecule has 1 aromatic heterocycles. The van der Waals surface area contributed by atoms with E-state index in [0.29, 0.717) is 12.2 Å². The van der Waals surface area contributed by atoms with E-state index in [1.165, 1.54) is 6.07 Å². The van der Waals surface area contributed by atoms with Crippen LogP contribution in [0.4, 0.5) is 5.69 Å². The topological polar surface area (TPSA) is 95.1 Å². The molecule has 0 saturated heterocycles. The van der Waals surface area contributed by atoms with Crippen LogP contribution in [0.5, 0.6) is 5.75 Å². The lowest BCUT2D eigenvalue weighted by molar-refractivity contribution is -0.386. The van der Waals surface area contributed by atoms with Gasteiger partial charge >= 0.3 is 5.69 Å². The summed E-state index contributed by atoms with van der Waals surface area (Å²) in [5.41, 5.74) is 1.41. The van der Waals surface area contributed by atoms with Crippen LogP contribution < -0.4 is 10.1 Å². The Morgan fingerprint density at radius 1 is 1.48 bits per heavy atom. The van der Waals surface area contributed by atoms with Crippen LogP contribution in [-0.2, 0) is 20.2 Å². The monoisotopic (exact) mass is 291 g/mol. The second kappa shape index (κ2) is 6.80. The summed E-state index contributed by atoms with van der Waals surface area (Å²) < 4.78 is 7.03. The predicted octanol–water partition coefficient (Wildman–Crippen LogP) is 1.41. The maximum Gasteiger partial charge on any atom is 0.311 e. The van der Waals surface area contributed by atoms with Gasteiger partial charge in [-0.1, -0.05) is 18.2 Å². The van der Waals surface area contributed by atoms with E-state index < -0.39 is 4.92 Å². The predicted molar refractivity (Wildman–Crippen MR) is 75.8 cm³/mol. The van der Waals surface area contributed by atoms with Gasteiger partial charge in [-0.05, 0) is 18.2 Å². The summed E-state index contributed by atoms with van der Waals surface area (Å²) in [6.45, 7) is 3.51. The molecule has 0 bridgehead atoms. The van der Waals surface area contributed by atoms with E-state index in [9.17, 15) is 10.1 Å². The number of aromatic nitrogens is 3. The molecule has 0 aliphatic heterocycles. The summed E-state index contributed by atoms with van der Waals surface area (Å²) in [5, 5.41) is 21.9. The van der Waals surface area contributed by atoms with Gasteiger partial charge in [0.1, 0.15) is 12.3 Å². The first kappa shape index (κ1) is 14.9. The summed E-state index contributed by atoms with van der Waals surface area (Å²) in [6, 6.07) is 4.94. The number of benzene rings is 1. The van der Waals surface area contributed by atoms with Gasteiger partial charge < -0.3 is 10.1 Å². The highest BCUT2D eigenvalue weighted by Gasteiger charge is 2.16. The molecule has 0 aliphatic carbocycles. The molecular weight excluding hydrogens is 274 g/mol. The zero-order valence-corrected chi connectivity index (χ0v) is 11.9. The summed E-state index contributed by atoms with van der Waals surface area (Å²) in [7, 11) is 1.74. The lowest BCUT2D eigenvalue weighted by atomic mass is 10.2. The number of hydrogen-bond donors (Lipinski definition) is 1. The van der Waals surface area contributed by atoms with Crippen LogP contribution in [0.25, 0.3) is 0 Å². The van der Waals surface area contributed by atoms with E-state index in [1.54, 1.807) is 24.0 Å². The minimum atomic E-state index is -0.443. The summed E-state index contributed by atoms with van der Waals surface area (Å²) in [6.07, 6.45) is 1.70. The van der Waals surface area contributed by atoms with Crippen LogP contribution in [0.1, 0.15) is 18.2 Å². The molecule has 1 N–H and O–H groups in total. The first-order valence-corrected chi connectivity index (χ1v) is 6.56. The Morgan fingerprint density at radius 3 is 2.90 bits per heavy atom. The lowest BCUT2D eigenvalue weighted by Crippen LogP contribution is -2.12. The molecule has 2 aromatic rings. The normalized spacial score (nSPS) is 10.6. The molecule has 2 rings (SSSR count). The molecule has 0 saturated carbocycles. The zero-order valence-electron chi connectivity index (χ0n) is 11.9. The van der Waals surface area contributed by atoms with Crippen LogP contribution in [0.3, 0.4) is 0 Å². The van der Waals surface area contributed by atoms with Crippen molar-refractivity contribution in [1.29, 1.82) is 0 Å². The molecule has 0 unspecified atom stereocenters. The molecule has 1 heterocycles. The van der Waals surface area contributed by atoms with E-state index in [0.717, 1.165) is 12.1 Å². The maximum absolute atomic E-state index is 11.1. The standard InChI is InChI=1S/C13H17N5O3/c1-3-14-7-10-4-5-13(12(6-10)18(19)20)21-9-11-8-17(2)16-15-11/h4-6,8,14H,3,7,9H2,1-2H3. The van der Waals surface area contributed by atoms with E-state index in [1.807, 2.05) is 13.0 Å². The molecule has 0 aliphatic rings. The van der Waals surface area contributed by atoms with Crippen molar-refractivity contribution in [1.82, 2.24) is 20.3 Å². The first-order valence-electron chi connectivity index (χ1n) is 6.56. The summed E-state index contributed by atoms with van der Waals surface area (Å²) >= 11 is 0. The Bertz CT molecular complexity index is 626. The van der Waals surface area contributed by atoms with Crippen molar-refractivity contribution in [3.63, 3.8) is 0 Å². The molecule has 0 radical (unpaired) electrons. The van der Waals surface area contributed by atoms with E-state index >= 15 is 0 Å². The first-order chi connectivity index (χ1) is 10.1. The molecule has 8 heteroatoms. The highest BCUT2D eigenvalue weighted by Crippen LogP contribution is 2.28. The van der Waals surface area contributed by atoms with Gasteiger partial charge in [-0.3, -0.25) is 14.8 Å². The van der Waals surface area contributed by atoms with Gasteiger partial charge in [0.05, 0.1) is 11.1 Å². The van der Waals surface area contributed by atoms with Crippen LogP contribution in [0.15, 0.2) is 24.4 Å². The molecule has 112 valence electrons. The van der Waals surface area contributed by atoms with Gasteiger partial charge in [-0.2, -0.15) is 0 Å². The number of hydrogen-bond acceptors (Lipinski definition) is 6. The minimum Gasteiger partial charge on any atom is -0.480 e. The molecule has 0 spiro atoms. The Labute approximate surface area is 121 Å².